The summed E-state index contributed by atoms with van der Waals surface area (Å²) in [6.07, 6.45) is -0.873. The molecule has 0 aliphatic carbocycles. The Morgan fingerprint density at radius 3 is 2.63 bits per heavy atom. The summed E-state index contributed by atoms with van der Waals surface area (Å²) in [5.74, 6) is 0.532. The molecule has 19 heavy (non-hydrogen) atoms. The molecule has 4 heteroatoms. The van der Waals surface area contributed by atoms with Gasteiger partial charge in [0.25, 0.3) is 0 Å². The number of halogens is 1. The molecule has 0 saturated heterocycles. The van der Waals surface area contributed by atoms with Gasteiger partial charge in [0, 0.05) is 16.8 Å². The van der Waals surface area contributed by atoms with E-state index in [2.05, 4.69) is 0 Å². The molecule has 0 saturated carbocycles. The van der Waals surface area contributed by atoms with Gasteiger partial charge in [-0.2, -0.15) is 0 Å². The lowest BCUT2D eigenvalue weighted by Crippen LogP contribution is -2.05. The van der Waals surface area contributed by atoms with Gasteiger partial charge in [-0.15, -0.1) is 0 Å². The zero-order valence-corrected chi connectivity index (χ0v) is 11.6. The predicted molar refractivity (Wildman–Crippen MR) is 77.7 cm³/mol. The van der Waals surface area contributed by atoms with Crippen molar-refractivity contribution in [1.29, 1.82) is 0 Å². The molecular weight excluding hydrogens is 262 g/mol. The molecule has 2 aromatic carbocycles. The highest BCUT2D eigenvalue weighted by atomic mass is 35.5. The second-order valence-electron chi connectivity index (χ2n) is 4.40. The van der Waals surface area contributed by atoms with E-state index in [0.29, 0.717) is 27.6 Å². The fourth-order valence-electron chi connectivity index (χ4n) is 2.00. The first kappa shape index (κ1) is 13.7. The van der Waals surface area contributed by atoms with Crippen molar-refractivity contribution in [3.05, 3.63) is 58.1 Å². The number of hydrogen-bond acceptors (Lipinski definition) is 3. The zero-order valence-electron chi connectivity index (χ0n) is 10.9. The summed E-state index contributed by atoms with van der Waals surface area (Å²) in [5.41, 5.74) is 8.71. The molecule has 0 unspecified atom stereocenters. The van der Waals surface area contributed by atoms with Gasteiger partial charge >= 0.3 is 0 Å². The highest BCUT2D eigenvalue weighted by Crippen LogP contribution is 2.36. The van der Waals surface area contributed by atoms with Crippen LogP contribution in [0.4, 0.5) is 5.69 Å². The van der Waals surface area contributed by atoms with E-state index >= 15 is 0 Å². The molecule has 1 atom stereocenters. The Labute approximate surface area is 117 Å². The number of aliphatic hydroxyl groups excluding tert-OH is 1. The van der Waals surface area contributed by atoms with E-state index in [0.717, 1.165) is 5.56 Å². The number of aliphatic hydroxyl groups is 1. The summed E-state index contributed by atoms with van der Waals surface area (Å²) < 4.78 is 5.15. The number of ether oxygens (including phenoxy) is 1. The first-order valence-electron chi connectivity index (χ1n) is 5.91. The van der Waals surface area contributed by atoms with Crippen LogP contribution in [0.25, 0.3) is 0 Å². The molecule has 100 valence electrons. The van der Waals surface area contributed by atoms with Crippen molar-refractivity contribution in [3.63, 3.8) is 0 Å². The van der Waals surface area contributed by atoms with Gasteiger partial charge < -0.3 is 15.6 Å². The lowest BCUT2D eigenvalue weighted by Gasteiger charge is -2.17. The summed E-state index contributed by atoms with van der Waals surface area (Å²) in [6.45, 7) is 1.95. The summed E-state index contributed by atoms with van der Waals surface area (Å²) in [4.78, 5) is 0. The fourth-order valence-corrected chi connectivity index (χ4v) is 2.30. The van der Waals surface area contributed by atoms with Crippen LogP contribution in [-0.4, -0.2) is 12.2 Å². The first-order valence-corrected chi connectivity index (χ1v) is 6.29. The number of rotatable bonds is 3. The number of benzene rings is 2. The topological polar surface area (TPSA) is 55.5 Å². The molecule has 2 aromatic rings. The van der Waals surface area contributed by atoms with E-state index in [1.54, 1.807) is 31.4 Å². The Kier molecular flexibility index (Phi) is 3.98. The van der Waals surface area contributed by atoms with Gasteiger partial charge in [0.1, 0.15) is 11.9 Å². The Hall–Kier alpha value is -1.71. The normalized spacial score (nSPS) is 12.2. The Morgan fingerprint density at radius 1 is 1.21 bits per heavy atom. The van der Waals surface area contributed by atoms with E-state index in [4.69, 9.17) is 22.1 Å². The van der Waals surface area contributed by atoms with Crippen LogP contribution in [0.15, 0.2) is 36.4 Å². The number of aryl methyl sites for hydroxylation is 1. The molecule has 0 fully saturated rings. The van der Waals surface area contributed by atoms with Crippen molar-refractivity contribution in [2.75, 3.05) is 12.8 Å². The number of anilines is 1. The minimum Gasteiger partial charge on any atom is -0.495 e. The number of nitrogen functional groups attached to an aromatic ring is 1. The molecule has 3 nitrogen and oxygen atoms in total. The largest absolute Gasteiger partial charge is 0.495 e. The maximum absolute atomic E-state index is 10.5. The molecule has 0 radical (unpaired) electrons. The van der Waals surface area contributed by atoms with Crippen molar-refractivity contribution < 1.29 is 9.84 Å². The maximum Gasteiger partial charge on any atom is 0.137 e. The first-order chi connectivity index (χ1) is 9.04. The molecule has 0 heterocycles. The molecule has 0 spiro atoms. The van der Waals surface area contributed by atoms with Crippen LogP contribution >= 0.6 is 11.6 Å². The van der Waals surface area contributed by atoms with Crippen LogP contribution in [0.2, 0.25) is 5.02 Å². The van der Waals surface area contributed by atoms with Gasteiger partial charge in [-0.05, 0) is 19.1 Å². The summed E-state index contributed by atoms with van der Waals surface area (Å²) >= 11 is 6.22. The third kappa shape index (κ3) is 2.67. The standard InChI is InChI=1S/C15H16ClNO2/c1-9-6-7-12(17)11(8-9)15(18)10-4-3-5-13(19-2)14(10)16/h3-8,15,18H,17H2,1-2H3/t15-/m0/s1. The van der Waals surface area contributed by atoms with Crippen molar-refractivity contribution in [3.8, 4) is 5.75 Å². The average Bonchev–Trinajstić information content (AvgIpc) is 2.41. The summed E-state index contributed by atoms with van der Waals surface area (Å²) in [7, 11) is 1.54. The molecule has 0 aromatic heterocycles. The minimum atomic E-state index is -0.873. The Balaban J connectivity index is 2.50. The zero-order chi connectivity index (χ0) is 14.0. The van der Waals surface area contributed by atoms with Crippen LogP contribution in [0.1, 0.15) is 22.8 Å². The van der Waals surface area contributed by atoms with Crippen LogP contribution in [-0.2, 0) is 0 Å². The van der Waals surface area contributed by atoms with Crippen molar-refractivity contribution in [2.45, 2.75) is 13.0 Å². The van der Waals surface area contributed by atoms with E-state index < -0.39 is 6.10 Å². The van der Waals surface area contributed by atoms with Gasteiger partial charge in [-0.1, -0.05) is 41.4 Å². The number of methoxy groups -OCH3 is 1. The second-order valence-corrected chi connectivity index (χ2v) is 4.78. The molecule has 0 aliphatic rings. The third-order valence-corrected chi connectivity index (χ3v) is 3.45. The van der Waals surface area contributed by atoms with E-state index in [1.165, 1.54) is 0 Å². The lowest BCUT2D eigenvalue weighted by molar-refractivity contribution is 0.220. The summed E-state index contributed by atoms with van der Waals surface area (Å²) in [5, 5.41) is 10.9. The SMILES string of the molecule is COc1cccc([C@H](O)c2cc(C)ccc2N)c1Cl. The molecule has 3 N–H and O–H groups in total. The molecule has 0 bridgehead atoms. The van der Waals surface area contributed by atoms with Gasteiger partial charge in [0.2, 0.25) is 0 Å². The van der Waals surface area contributed by atoms with Crippen LogP contribution in [0.5, 0.6) is 5.75 Å². The number of nitrogens with two attached hydrogens (primary N) is 1. The highest BCUT2D eigenvalue weighted by molar-refractivity contribution is 6.32. The maximum atomic E-state index is 10.5. The second kappa shape index (κ2) is 5.51. The lowest BCUT2D eigenvalue weighted by atomic mass is 9.98. The van der Waals surface area contributed by atoms with Crippen LogP contribution in [0, 0.1) is 6.92 Å². The van der Waals surface area contributed by atoms with Crippen LogP contribution in [0.3, 0.4) is 0 Å². The predicted octanol–water partition coefficient (Wildman–Crippen LogP) is 3.32. The van der Waals surface area contributed by atoms with Crippen molar-refractivity contribution in [2.24, 2.45) is 0 Å². The van der Waals surface area contributed by atoms with Crippen LogP contribution < -0.4 is 10.5 Å². The van der Waals surface area contributed by atoms with Crippen molar-refractivity contribution in [1.82, 2.24) is 0 Å². The van der Waals surface area contributed by atoms with E-state index in [-0.39, 0.29) is 0 Å². The summed E-state index contributed by atoms with van der Waals surface area (Å²) in [6, 6.07) is 10.8. The monoisotopic (exact) mass is 277 g/mol. The van der Waals surface area contributed by atoms with Gasteiger partial charge in [-0.3, -0.25) is 0 Å². The number of hydrogen-bond donors (Lipinski definition) is 2. The van der Waals surface area contributed by atoms with E-state index in [1.807, 2.05) is 19.1 Å². The highest BCUT2D eigenvalue weighted by Gasteiger charge is 2.18. The van der Waals surface area contributed by atoms with Gasteiger partial charge in [0.15, 0.2) is 0 Å². The molecule has 0 aliphatic heterocycles. The minimum absolute atomic E-state index is 0.401. The van der Waals surface area contributed by atoms with Gasteiger partial charge in [-0.25, -0.2) is 0 Å². The van der Waals surface area contributed by atoms with Crippen molar-refractivity contribution >= 4 is 17.3 Å². The average molecular weight is 278 g/mol. The fraction of sp³-hybridized carbons (Fsp3) is 0.200. The molecule has 0 amide bonds. The Morgan fingerprint density at radius 2 is 1.95 bits per heavy atom. The smallest absolute Gasteiger partial charge is 0.137 e. The third-order valence-electron chi connectivity index (χ3n) is 3.04. The molecular formula is C15H16ClNO2. The Bertz CT molecular complexity index is 599. The van der Waals surface area contributed by atoms with Gasteiger partial charge in [0.05, 0.1) is 12.1 Å². The molecule has 2 rings (SSSR count). The van der Waals surface area contributed by atoms with E-state index in [9.17, 15) is 5.11 Å². The quantitative estimate of drug-likeness (QED) is 0.846.